The van der Waals surface area contributed by atoms with Crippen LogP contribution in [0.4, 0.5) is 0 Å². The average Bonchev–Trinajstić information content (AvgIpc) is 2.88. The van der Waals surface area contributed by atoms with Crippen LogP contribution in [0.15, 0.2) is 0 Å². The normalized spacial score (nSPS) is 61.0. The van der Waals surface area contributed by atoms with Gasteiger partial charge in [-0.3, -0.25) is 4.79 Å². The van der Waals surface area contributed by atoms with Crippen molar-refractivity contribution in [3.8, 4) is 0 Å². The maximum atomic E-state index is 12.5. The minimum atomic E-state index is -0.373. The molecule has 4 saturated carbocycles. The zero-order valence-electron chi connectivity index (χ0n) is 13.9. The van der Waals surface area contributed by atoms with Gasteiger partial charge in [-0.2, -0.15) is 0 Å². The summed E-state index contributed by atoms with van der Waals surface area (Å²) >= 11 is 7.20. The molecular weight excluding hydrogens is 312 g/mol. The number of carbonyl (C=O) groups excluding carboxylic acids is 1. The molecule has 5 rings (SSSR count). The Bertz CT molecular complexity index is 565. The van der Waals surface area contributed by atoms with Gasteiger partial charge in [0.25, 0.3) is 0 Å². The molecule has 1 aliphatic heterocycles. The van der Waals surface area contributed by atoms with Gasteiger partial charge in [-0.15, -0.1) is 11.6 Å². The Balaban J connectivity index is 1.56. The first-order chi connectivity index (χ1) is 10.9. The Labute approximate surface area is 143 Å². The first-order valence-corrected chi connectivity index (χ1v) is 9.80. The highest BCUT2D eigenvalue weighted by molar-refractivity contribution is 6.25. The molecule has 0 radical (unpaired) electrons. The van der Waals surface area contributed by atoms with Gasteiger partial charge in [0.15, 0.2) is 0 Å². The van der Waals surface area contributed by atoms with E-state index < -0.39 is 0 Å². The van der Waals surface area contributed by atoms with Gasteiger partial charge in [-0.1, -0.05) is 6.92 Å². The Morgan fingerprint density at radius 1 is 1.22 bits per heavy atom. The molecular formula is C19H27ClO3. The second-order valence-corrected chi connectivity index (χ2v) is 9.92. The summed E-state index contributed by atoms with van der Waals surface area (Å²) in [6.07, 6.45) is 7.30. The quantitative estimate of drug-likeness (QED) is 0.689. The van der Waals surface area contributed by atoms with Crippen LogP contribution >= 0.6 is 11.6 Å². The van der Waals surface area contributed by atoms with Gasteiger partial charge < -0.3 is 9.84 Å². The molecule has 0 spiro atoms. The van der Waals surface area contributed by atoms with E-state index in [1.807, 2.05) is 0 Å². The lowest BCUT2D eigenvalue weighted by Gasteiger charge is -2.61. The maximum Gasteiger partial charge on any atom is 0.139 e. The molecule has 0 aromatic heterocycles. The van der Waals surface area contributed by atoms with E-state index in [-0.39, 0.29) is 27.9 Å². The summed E-state index contributed by atoms with van der Waals surface area (Å²) in [4.78, 5) is 12.1. The molecule has 0 amide bonds. The van der Waals surface area contributed by atoms with Crippen LogP contribution in [0.25, 0.3) is 0 Å². The third kappa shape index (κ3) is 1.63. The predicted octanol–water partition coefficient (Wildman–Crippen LogP) is 3.31. The van der Waals surface area contributed by atoms with Crippen molar-refractivity contribution in [1.82, 2.24) is 0 Å². The standard InChI is InChI=1S/C19H27ClO3/c1-17-6-5-14-12(13(17)2-3-15(17)22)8-16-19(20)9-11(21)4-7-18(14,19)10-23-16/h11-14,16,21H,2-10H2,1H3/t11?,12-,13-,14+,16?,17-,18-,19?/m0/s1. The van der Waals surface area contributed by atoms with Crippen LogP contribution in [-0.4, -0.2) is 34.6 Å². The number of ketones is 1. The van der Waals surface area contributed by atoms with Crippen molar-refractivity contribution in [2.75, 3.05) is 6.61 Å². The van der Waals surface area contributed by atoms with Crippen LogP contribution in [0.3, 0.4) is 0 Å². The molecule has 1 N–H and O–H groups in total. The lowest BCUT2D eigenvalue weighted by molar-refractivity contribution is -0.137. The molecule has 0 aromatic carbocycles. The number of halogens is 1. The maximum absolute atomic E-state index is 12.5. The van der Waals surface area contributed by atoms with E-state index in [2.05, 4.69) is 6.92 Å². The highest BCUT2D eigenvalue weighted by atomic mass is 35.5. The molecule has 3 nitrogen and oxygen atoms in total. The van der Waals surface area contributed by atoms with E-state index in [4.69, 9.17) is 16.3 Å². The van der Waals surface area contributed by atoms with Crippen LogP contribution in [-0.2, 0) is 9.53 Å². The second kappa shape index (κ2) is 4.53. The topological polar surface area (TPSA) is 46.5 Å². The van der Waals surface area contributed by atoms with E-state index in [0.717, 1.165) is 51.6 Å². The summed E-state index contributed by atoms with van der Waals surface area (Å²) in [5, 5.41) is 10.2. The van der Waals surface area contributed by atoms with Crippen molar-refractivity contribution < 1.29 is 14.6 Å². The molecule has 4 aliphatic carbocycles. The smallest absolute Gasteiger partial charge is 0.139 e. The number of Topliss-reactive ketones (excluding diaryl/α,β-unsaturated/α-hetero) is 1. The summed E-state index contributed by atoms with van der Waals surface area (Å²) in [6, 6.07) is 0. The summed E-state index contributed by atoms with van der Waals surface area (Å²) in [5.41, 5.74) is -0.0495. The zero-order valence-corrected chi connectivity index (χ0v) is 14.6. The molecule has 3 unspecified atom stereocenters. The van der Waals surface area contributed by atoms with Gasteiger partial charge in [0.2, 0.25) is 0 Å². The highest BCUT2D eigenvalue weighted by Gasteiger charge is 2.72. The molecule has 4 heteroatoms. The van der Waals surface area contributed by atoms with E-state index >= 15 is 0 Å². The zero-order chi connectivity index (χ0) is 16.0. The molecule has 1 saturated heterocycles. The lowest BCUT2D eigenvalue weighted by atomic mass is 9.45. The van der Waals surface area contributed by atoms with E-state index in [1.165, 1.54) is 0 Å². The number of hydrogen-bond acceptors (Lipinski definition) is 3. The largest absolute Gasteiger partial charge is 0.393 e. The van der Waals surface area contributed by atoms with Crippen molar-refractivity contribution in [3.63, 3.8) is 0 Å². The fraction of sp³-hybridized carbons (Fsp3) is 0.947. The molecule has 0 aromatic rings. The van der Waals surface area contributed by atoms with Crippen molar-refractivity contribution in [2.24, 2.45) is 28.6 Å². The van der Waals surface area contributed by atoms with E-state index in [9.17, 15) is 9.90 Å². The third-order valence-corrected chi connectivity index (χ3v) is 9.45. The number of alkyl halides is 1. The van der Waals surface area contributed by atoms with Crippen LogP contribution in [0.1, 0.15) is 58.3 Å². The van der Waals surface area contributed by atoms with Crippen molar-refractivity contribution in [3.05, 3.63) is 0 Å². The average molecular weight is 339 g/mol. The van der Waals surface area contributed by atoms with Gasteiger partial charge in [0.05, 0.1) is 23.7 Å². The number of aliphatic hydroxyl groups is 1. The van der Waals surface area contributed by atoms with Crippen molar-refractivity contribution in [2.45, 2.75) is 75.4 Å². The Kier molecular flexibility index (Phi) is 2.99. The molecule has 5 fully saturated rings. The highest BCUT2D eigenvalue weighted by Crippen LogP contribution is 2.71. The minimum Gasteiger partial charge on any atom is -0.393 e. The first-order valence-electron chi connectivity index (χ1n) is 9.43. The lowest BCUT2D eigenvalue weighted by Crippen LogP contribution is -2.63. The van der Waals surface area contributed by atoms with Gasteiger partial charge in [0, 0.05) is 17.3 Å². The first kappa shape index (κ1) is 15.2. The molecule has 2 bridgehead atoms. The summed E-state index contributed by atoms with van der Waals surface area (Å²) in [7, 11) is 0. The van der Waals surface area contributed by atoms with Crippen LogP contribution in [0.5, 0.6) is 0 Å². The summed E-state index contributed by atoms with van der Waals surface area (Å²) in [5.74, 6) is 2.20. The number of ether oxygens (including phenoxy) is 1. The van der Waals surface area contributed by atoms with E-state index in [0.29, 0.717) is 30.0 Å². The Morgan fingerprint density at radius 2 is 2.04 bits per heavy atom. The summed E-state index contributed by atoms with van der Waals surface area (Å²) in [6.45, 7) is 2.99. The Hall–Kier alpha value is -0.120. The van der Waals surface area contributed by atoms with Gasteiger partial charge in [-0.25, -0.2) is 0 Å². The third-order valence-electron chi connectivity index (χ3n) is 8.68. The Morgan fingerprint density at radius 3 is 2.87 bits per heavy atom. The van der Waals surface area contributed by atoms with Gasteiger partial charge in [-0.05, 0) is 62.7 Å². The molecule has 23 heavy (non-hydrogen) atoms. The summed E-state index contributed by atoms with van der Waals surface area (Å²) < 4.78 is 6.24. The number of rotatable bonds is 0. The molecule has 8 atom stereocenters. The van der Waals surface area contributed by atoms with Crippen LogP contribution in [0, 0.1) is 28.6 Å². The number of aliphatic hydroxyl groups excluding tert-OH is 1. The SMILES string of the molecule is C[C@]12CC[C@@H]3[C@@H](CC4OC[C@@]35CCC(O)CC45Cl)[C@@H]1CCC2=O. The van der Waals surface area contributed by atoms with Crippen LogP contribution in [0.2, 0.25) is 0 Å². The molecule has 1 heterocycles. The fourth-order valence-electron chi connectivity index (χ4n) is 7.48. The van der Waals surface area contributed by atoms with Gasteiger partial charge >= 0.3 is 0 Å². The number of carbonyl (C=O) groups is 1. The molecule has 5 aliphatic rings. The van der Waals surface area contributed by atoms with Gasteiger partial charge in [0.1, 0.15) is 5.78 Å². The number of fused-ring (bicyclic) bond motifs is 3. The minimum absolute atomic E-state index is 0.0360. The van der Waals surface area contributed by atoms with E-state index in [1.54, 1.807) is 0 Å². The van der Waals surface area contributed by atoms with Crippen LogP contribution < -0.4 is 0 Å². The monoisotopic (exact) mass is 338 g/mol. The number of hydrogen-bond donors (Lipinski definition) is 1. The van der Waals surface area contributed by atoms with Crippen molar-refractivity contribution >= 4 is 17.4 Å². The van der Waals surface area contributed by atoms with Crippen molar-refractivity contribution in [1.29, 1.82) is 0 Å². The predicted molar refractivity (Wildman–Crippen MR) is 87.3 cm³/mol. The fourth-order valence-corrected chi connectivity index (χ4v) is 8.10. The molecule has 128 valence electrons. The second-order valence-electron chi connectivity index (χ2n) is 9.25.